The molecule has 6 heteroatoms. The van der Waals surface area contributed by atoms with Crippen molar-refractivity contribution in [1.82, 2.24) is 4.90 Å². The minimum Gasteiger partial charge on any atom is -0.550 e. The fraction of sp³-hybridized carbons (Fsp3) is 0.471. The van der Waals surface area contributed by atoms with Crippen molar-refractivity contribution in [3.8, 4) is 6.07 Å². The quantitative estimate of drug-likeness (QED) is 0.819. The predicted molar refractivity (Wildman–Crippen MR) is 80.2 cm³/mol. The Morgan fingerprint density at radius 1 is 1.30 bits per heavy atom. The first-order valence-corrected chi connectivity index (χ1v) is 7.40. The topological polar surface area (TPSA) is 93.5 Å². The van der Waals surface area contributed by atoms with E-state index in [0.717, 1.165) is 0 Å². The third-order valence-corrected chi connectivity index (χ3v) is 3.76. The molecular weight excluding hydrogens is 296 g/mol. The lowest BCUT2D eigenvalue weighted by Crippen LogP contribution is -2.38. The largest absolute Gasteiger partial charge is 0.550 e. The molecule has 122 valence electrons. The average molecular weight is 315 g/mol. The summed E-state index contributed by atoms with van der Waals surface area (Å²) in [5.74, 6) is -2.57. The van der Waals surface area contributed by atoms with Gasteiger partial charge in [0.25, 0.3) is 0 Å². The number of aliphatic carboxylic acids is 1. The molecule has 2 atom stereocenters. The first-order chi connectivity index (χ1) is 10.7. The summed E-state index contributed by atoms with van der Waals surface area (Å²) in [6.07, 6.45) is -0.555. The van der Waals surface area contributed by atoms with Gasteiger partial charge in [0.15, 0.2) is 0 Å². The second-order valence-electron chi connectivity index (χ2n) is 6.62. The number of rotatable bonds is 2. The van der Waals surface area contributed by atoms with Crippen molar-refractivity contribution in [2.45, 2.75) is 32.3 Å². The van der Waals surface area contributed by atoms with Gasteiger partial charge in [-0.1, -0.05) is 18.2 Å². The zero-order chi connectivity index (χ0) is 17.2. The minimum atomic E-state index is -1.23. The average Bonchev–Trinajstić information content (AvgIpc) is 2.90. The van der Waals surface area contributed by atoms with E-state index in [1.807, 2.05) is 0 Å². The molecule has 1 aliphatic heterocycles. The van der Waals surface area contributed by atoms with Crippen LogP contribution in [-0.2, 0) is 9.53 Å². The van der Waals surface area contributed by atoms with E-state index in [2.05, 4.69) is 6.07 Å². The molecule has 0 N–H and O–H groups in total. The summed E-state index contributed by atoms with van der Waals surface area (Å²) in [5.41, 5.74) is 0.376. The Kier molecular flexibility index (Phi) is 4.60. The van der Waals surface area contributed by atoms with Gasteiger partial charge in [0.1, 0.15) is 5.60 Å². The van der Waals surface area contributed by atoms with Crippen LogP contribution in [0.25, 0.3) is 0 Å². The third kappa shape index (κ3) is 3.81. The van der Waals surface area contributed by atoms with Crippen molar-refractivity contribution in [2.75, 3.05) is 13.1 Å². The van der Waals surface area contributed by atoms with Crippen LogP contribution < -0.4 is 5.11 Å². The number of nitrogens with zero attached hydrogens (tertiary/aromatic N) is 2. The number of benzene rings is 1. The number of hydrogen-bond donors (Lipinski definition) is 0. The van der Waals surface area contributed by atoms with E-state index in [0.29, 0.717) is 11.1 Å². The lowest BCUT2D eigenvalue weighted by molar-refractivity contribution is -0.311. The maximum absolute atomic E-state index is 12.2. The molecule has 1 aliphatic rings. The molecular formula is C17H19N2O4-. The molecule has 23 heavy (non-hydrogen) atoms. The Morgan fingerprint density at radius 2 is 1.96 bits per heavy atom. The molecule has 0 aromatic heterocycles. The fourth-order valence-corrected chi connectivity index (χ4v) is 2.76. The monoisotopic (exact) mass is 315 g/mol. The summed E-state index contributed by atoms with van der Waals surface area (Å²) < 4.78 is 5.30. The van der Waals surface area contributed by atoms with E-state index in [9.17, 15) is 20.0 Å². The number of carbonyl (C=O) groups is 2. The highest BCUT2D eigenvalue weighted by molar-refractivity contribution is 5.75. The van der Waals surface area contributed by atoms with Gasteiger partial charge in [0, 0.05) is 30.9 Å². The lowest BCUT2D eigenvalue weighted by atomic mass is 9.86. The molecule has 0 aliphatic carbocycles. The van der Waals surface area contributed by atoms with Crippen LogP contribution in [0, 0.1) is 17.2 Å². The fourth-order valence-electron chi connectivity index (χ4n) is 2.76. The van der Waals surface area contributed by atoms with Gasteiger partial charge in [-0.3, -0.25) is 0 Å². The lowest BCUT2D eigenvalue weighted by Gasteiger charge is -2.24. The summed E-state index contributed by atoms with van der Waals surface area (Å²) in [5, 5.41) is 20.7. The maximum Gasteiger partial charge on any atom is 0.410 e. The van der Waals surface area contributed by atoms with Crippen LogP contribution in [0.3, 0.4) is 0 Å². The van der Waals surface area contributed by atoms with Crippen molar-refractivity contribution in [2.24, 2.45) is 5.92 Å². The SMILES string of the molecule is CC(C)(C)OC(=O)N1C[C@H](C(=O)[O-])[C@@H](c2ccccc2C#N)C1. The number of hydrogen-bond acceptors (Lipinski definition) is 5. The Bertz CT molecular complexity index is 657. The van der Waals surface area contributed by atoms with Crippen LogP contribution in [0.2, 0.25) is 0 Å². The van der Waals surface area contributed by atoms with Gasteiger partial charge in [-0.2, -0.15) is 5.26 Å². The predicted octanol–water partition coefficient (Wildman–Crippen LogP) is 1.26. The minimum absolute atomic E-state index is 0.0156. The summed E-state index contributed by atoms with van der Waals surface area (Å²) in [6, 6.07) is 8.89. The van der Waals surface area contributed by atoms with Crippen molar-refractivity contribution < 1.29 is 19.4 Å². The summed E-state index contributed by atoms with van der Waals surface area (Å²) in [6.45, 7) is 5.45. The summed E-state index contributed by atoms with van der Waals surface area (Å²) in [7, 11) is 0. The first-order valence-electron chi connectivity index (χ1n) is 7.40. The van der Waals surface area contributed by atoms with Crippen LogP contribution in [0.15, 0.2) is 24.3 Å². The van der Waals surface area contributed by atoms with Crippen LogP contribution in [-0.4, -0.2) is 35.7 Å². The Morgan fingerprint density at radius 3 is 2.52 bits per heavy atom. The maximum atomic E-state index is 12.2. The van der Waals surface area contributed by atoms with E-state index in [1.54, 1.807) is 45.0 Å². The molecule has 0 bridgehead atoms. The molecule has 0 saturated carbocycles. The van der Waals surface area contributed by atoms with Gasteiger partial charge >= 0.3 is 6.09 Å². The van der Waals surface area contributed by atoms with E-state index < -0.39 is 29.5 Å². The third-order valence-electron chi connectivity index (χ3n) is 3.76. The molecule has 6 nitrogen and oxygen atoms in total. The number of nitriles is 1. The highest BCUT2D eigenvalue weighted by atomic mass is 16.6. The van der Waals surface area contributed by atoms with Gasteiger partial charge in [0.05, 0.1) is 11.6 Å². The molecule has 1 heterocycles. The normalized spacial score (nSPS) is 20.9. The standard InChI is InChI=1S/C17H20N2O4/c1-17(2,3)23-16(22)19-9-13(14(10-19)15(20)21)12-7-5-4-6-11(12)8-18/h4-7,13-14H,9-10H2,1-3H3,(H,20,21)/p-1/t13-,14+/m1/s1. The summed E-state index contributed by atoms with van der Waals surface area (Å²) in [4.78, 5) is 25.0. The Labute approximate surface area is 135 Å². The highest BCUT2D eigenvalue weighted by Crippen LogP contribution is 2.34. The number of carbonyl (C=O) groups excluding carboxylic acids is 2. The van der Waals surface area contributed by atoms with Gasteiger partial charge in [0.2, 0.25) is 0 Å². The van der Waals surface area contributed by atoms with Crippen molar-refractivity contribution in [1.29, 1.82) is 5.26 Å². The van der Waals surface area contributed by atoms with E-state index in [4.69, 9.17) is 4.74 Å². The van der Waals surface area contributed by atoms with Gasteiger partial charge in [-0.25, -0.2) is 4.79 Å². The van der Waals surface area contributed by atoms with Crippen LogP contribution in [0.1, 0.15) is 37.8 Å². The second kappa shape index (κ2) is 6.29. The molecule has 2 rings (SSSR count). The highest BCUT2D eigenvalue weighted by Gasteiger charge is 2.39. The van der Waals surface area contributed by atoms with Crippen LogP contribution in [0.5, 0.6) is 0 Å². The molecule has 1 aromatic carbocycles. The van der Waals surface area contributed by atoms with Crippen LogP contribution in [0.4, 0.5) is 4.79 Å². The van der Waals surface area contributed by atoms with Crippen LogP contribution >= 0.6 is 0 Å². The van der Waals surface area contributed by atoms with Crippen molar-refractivity contribution in [3.05, 3.63) is 35.4 Å². The first kappa shape index (κ1) is 16.8. The van der Waals surface area contributed by atoms with E-state index in [1.165, 1.54) is 4.90 Å². The summed E-state index contributed by atoms with van der Waals surface area (Å²) >= 11 is 0. The molecule has 1 aromatic rings. The number of amides is 1. The molecule has 1 fully saturated rings. The number of ether oxygens (including phenoxy) is 1. The molecule has 1 amide bonds. The van der Waals surface area contributed by atoms with Gasteiger partial charge in [-0.05, 0) is 32.4 Å². The second-order valence-corrected chi connectivity index (χ2v) is 6.62. The molecule has 1 saturated heterocycles. The number of likely N-dealkylation sites (tertiary alicyclic amines) is 1. The number of carboxylic acid groups (broad SMARTS) is 1. The Balaban J connectivity index is 2.28. The van der Waals surface area contributed by atoms with Crippen molar-refractivity contribution >= 4 is 12.1 Å². The van der Waals surface area contributed by atoms with E-state index in [-0.39, 0.29) is 13.1 Å². The molecule has 0 spiro atoms. The zero-order valence-corrected chi connectivity index (χ0v) is 13.4. The Hall–Kier alpha value is -2.55. The van der Waals surface area contributed by atoms with E-state index >= 15 is 0 Å². The smallest absolute Gasteiger partial charge is 0.410 e. The number of carboxylic acids is 1. The van der Waals surface area contributed by atoms with Crippen molar-refractivity contribution in [3.63, 3.8) is 0 Å². The zero-order valence-electron chi connectivity index (χ0n) is 13.4. The van der Waals surface area contributed by atoms with Gasteiger partial charge < -0.3 is 19.5 Å². The molecule has 0 radical (unpaired) electrons. The van der Waals surface area contributed by atoms with Gasteiger partial charge in [-0.15, -0.1) is 0 Å². The molecule has 0 unspecified atom stereocenters.